The van der Waals surface area contributed by atoms with Gasteiger partial charge in [-0.25, -0.2) is 0 Å². The summed E-state index contributed by atoms with van der Waals surface area (Å²) in [5.41, 5.74) is 6.98. The van der Waals surface area contributed by atoms with Crippen molar-refractivity contribution < 1.29 is 4.40 Å². The summed E-state index contributed by atoms with van der Waals surface area (Å²) in [5.74, 6) is 0. The Balaban J connectivity index is 1.81. The number of hydrogen-bond acceptors (Lipinski definition) is 0. The van der Waals surface area contributed by atoms with Crippen LogP contribution >= 0.6 is 27.5 Å². The molecule has 5 heteroatoms. The van der Waals surface area contributed by atoms with E-state index in [0.29, 0.717) is 0 Å². The largest absolute Gasteiger partial charge is 0.340 e. The lowest BCUT2D eigenvalue weighted by Gasteiger charge is -2.04. The van der Waals surface area contributed by atoms with Gasteiger partial charge in [0.2, 0.25) is 5.52 Å². The number of para-hydroxylation sites is 1. The molecule has 6 rings (SSSR count). The van der Waals surface area contributed by atoms with Crippen molar-refractivity contribution in [1.29, 1.82) is 0 Å². The van der Waals surface area contributed by atoms with E-state index in [1.54, 1.807) is 0 Å². The predicted molar refractivity (Wildman–Crippen MR) is 131 cm³/mol. The number of halogens is 2. The summed E-state index contributed by atoms with van der Waals surface area (Å²) in [7, 11) is 2.15. The van der Waals surface area contributed by atoms with Crippen LogP contribution < -0.4 is 4.40 Å². The zero-order chi connectivity index (χ0) is 21.1. The lowest BCUT2D eigenvalue weighted by atomic mass is 10.1. The molecule has 0 aliphatic rings. The van der Waals surface area contributed by atoms with Crippen molar-refractivity contribution in [3.05, 3.63) is 101 Å². The molecule has 0 radical (unpaired) electrons. The standard InChI is InChI=1S/C26H18BrClN3/c1-29-23-5-3-2-4-21(23)22-14-15-30-16-31(20-12-10-19(28)11-13-20)24(26(30)25(22)29)17-6-8-18(27)9-7-17/h2-16H,1H3/q+1. The van der Waals surface area contributed by atoms with Crippen molar-refractivity contribution >= 4 is 54.9 Å². The first kappa shape index (κ1) is 18.7. The highest BCUT2D eigenvalue weighted by atomic mass is 79.9. The third kappa shape index (κ3) is 2.83. The number of pyridine rings is 1. The quantitative estimate of drug-likeness (QED) is 0.235. The van der Waals surface area contributed by atoms with E-state index in [9.17, 15) is 0 Å². The number of nitrogens with zero attached hydrogens (tertiary/aromatic N) is 3. The van der Waals surface area contributed by atoms with Crippen molar-refractivity contribution in [2.75, 3.05) is 0 Å². The van der Waals surface area contributed by atoms with Crippen LogP contribution in [-0.4, -0.2) is 9.13 Å². The van der Waals surface area contributed by atoms with Gasteiger partial charge in [-0.15, -0.1) is 0 Å². The second-order valence-corrected chi connectivity index (χ2v) is 9.08. The maximum Gasteiger partial charge on any atom is 0.254 e. The molecule has 3 nitrogen and oxygen atoms in total. The molecule has 3 heterocycles. The third-order valence-electron chi connectivity index (χ3n) is 5.96. The zero-order valence-electron chi connectivity index (χ0n) is 16.8. The summed E-state index contributed by atoms with van der Waals surface area (Å²) in [4.78, 5) is 0. The Hall–Kier alpha value is -3.08. The molecular formula is C26H18BrClN3+. The zero-order valence-corrected chi connectivity index (χ0v) is 19.1. The van der Waals surface area contributed by atoms with Crippen molar-refractivity contribution in [2.24, 2.45) is 7.05 Å². The molecule has 0 N–H and O–H groups in total. The Morgan fingerprint density at radius 3 is 2.35 bits per heavy atom. The predicted octanol–water partition coefficient (Wildman–Crippen LogP) is 6.94. The molecule has 6 aromatic rings. The van der Waals surface area contributed by atoms with E-state index >= 15 is 0 Å². The first-order chi connectivity index (χ1) is 15.1. The molecule has 150 valence electrons. The fourth-order valence-electron chi connectivity index (χ4n) is 4.54. The highest BCUT2D eigenvalue weighted by Gasteiger charge is 2.26. The van der Waals surface area contributed by atoms with Crippen LogP contribution in [0.5, 0.6) is 0 Å². The monoisotopic (exact) mass is 486 g/mol. The van der Waals surface area contributed by atoms with E-state index in [-0.39, 0.29) is 0 Å². The fourth-order valence-corrected chi connectivity index (χ4v) is 4.93. The minimum atomic E-state index is 0.731. The van der Waals surface area contributed by atoms with Crippen LogP contribution in [0.1, 0.15) is 0 Å². The Morgan fingerprint density at radius 2 is 1.58 bits per heavy atom. The number of benzene rings is 3. The number of aryl methyl sites for hydroxylation is 1. The summed E-state index contributed by atoms with van der Waals surface area (Å²) < 4.78 is 7.82. The molecule has 0 fully saturated rings. The average molecular weight is 488 g/mol. The summed E-state index contributed by atoms with van der Waals surface area (Å²) in [6.45, 7) is 0. The smallest absolute Gasteiger partial charge is 0.254 e. The van der Waals surface area contributed by atoms with Crippen LogP contribution in [0.4, 0.5) is 0 Å². The van der Waals surface area contributed by atoms with Gasteiger partial charge < -0.3 is 4.57 Å². The molecule has 3 aromatic carbocycles. The molecule has 3 aromatic heterocycles. The maximum atomic E-state index is 6.17. The van der Waals surface area contributed by atoms with Crippen LogP contribution in [0.25, 0.3) is 44.3 Å². The Bertz CT molecular complexity index is 1590. The van der Waals surface area contributed by atoms with Crippen LogP contribution in [0.2, 0.25) is 5.02 Å². The summed E-state index contributed by atoms with van der Waals surface area (Å²) in [6, 6.07) is 27.3. The van der Waals surface area contributed by atoms with Gasteiger partial charge >= 0.3 is 0 Å². The second kappa shape index (κ2) is 6.98. The van der Waals surface area contributed by atoms with Crippen LogP contribution in [0.15, 0.2) is 95.9 Å². The lowest BCUT2D eigenvalue weighted by molar-refractivity contribution is -0.510. The molecule has 0 bridgehead atoms. The maximum absolute atomic E-state index is 6.17. The van der Waals surface area contributed by atoms with Crippen molar-refractivity contribution in [3.8, 4) is 16.9 Å². The van der Waals surface area contributed by atoms with Gasteiger partial charge in [-0.3, -0.25) is 0 Å². The van der Waals surface area contributed by atoms with E-state index in [2.05, 4.69) is 116 Å². The minimum absolute atomic E-state index is 0.731. The second-order valence-electron chi connectivity index (χ2n) is 7.73. The summed E-state index contributed by atoms with van der Waals surface area (Å²) >= 11 is 9.75. The topological polar surface area (TPSA) is 14.0 Å². The molecule has 0 aliphatic heterocycles. The van der Waals surface area contributed by atoms with Gasteiger partial charge in [0.05, 0.1) is 6.20 Å². The average Bonchev–Trinajstić information content (AvgIpc) is 3.31. The normalized spacial score (nSPS) is 11.7. The van der Waals surface area contributed by atoms with E-state index in [1.165, 1.54) is 27.3 Å². The van der Waals surface area contributed by atoms with Crippen molar-refractivity contribution in [2.45, 2.75) is 0 Å². The molecule has 0 atom stereocenters. The molecular weight excluding hydrogens is 470 g/mol. The molecule has 0 saturated carbocycles. The Labute approximate surface area is 192 Å². The van der Waals surface area contributed by atoms with Crippen molar-refractivity contribution in [1.82, 2.24) is 9.13 Å². The van der Waals surface area contributed by atoms with Crippen LogP contribution in [-0.2, 0) is 7.05 Å². The number of hydrogen-bond donors (Lipinski definition) is 0. The summed E-state index contributed by atoms with van der Waals surface area (Å²) in [6.07, 6.45) is 4.30. The van der Waals surface area contributed by atoms with Crippen molar-refractivity contribution in [3.63, 3.8) is 0 Å². The molecule has 0 spiro atoms. The van der Waals surface area contributed by atoms with Gasteiger partial charge in [-0.2, -0.15) is 8.97 Å². The van der Waals surface area contributed by atoms with Crippen LogP contribution in [0.3, 0.4) is 0 Å². The van der Waals surface area contributed by atoms with Gasteiger partial charge in [0.25, 0.3) is 6.33 Å². The van der Waals surface area contributed by atoms with Gasteiger partial charge in [0.15, 0.2) is 5.69 Å². The lowest BCUT2D eigenvalue weighted by Crippen LogP contribution is -2.18. The SMILES string of the molecule is Cn1c2ccccc2c2cc[n+]3cn(-c4ccc(Cl)cc4)c(-c4ccc(Br)cc4)c3c21. The number of fused-ring (bicyclic) bond motifs is 5. The molecule has 0 aliphatic carbocycles. The summed E-state index contributed by atoms with van der Waals surface area (Å²) in [5, 5.41) is 3.25. The van der Waals surface area contributed by atoms with Crippen LogP contribution in [0, 0.1) is 0 Å². The highest BCUT2D eigenvalue weighted by Crippen LogP contribution is 2.35. The van der Waals surface area contributed by atoms with Gasteiger partial charge in [-0.1, -0.05) is 45.7 Å². The minimum Gasteiger partial charge on any atom is -0.340 e. The molecule has 0 unspecified atom stereocenters. The van der Waals surface area contributed by atoms with E-state index in [0.717, 1.165) is 26.4 Å². The van der Waals surface area contributed by atoms with Gasteiger partial charge in [0, 0.05) is 38.4 Å². The number of rotatable bonds is 2. The van der Waals surface area contributed by atoms with Gasteiger partial charge in [-0.05, 0) is 60.7 Å². The van der Waals surface area contributed by atoms with E-state index in [4.69, 9.17) is 11.6 Å². The molecule has 31 heavy (non-hydrogen) atoms. The number of aromatic nitrogens is 3. The number of imidazole rings is 1. The van der Waals surface area contributed by atoms with E-state index in [1.807, 2.05) is 12.1 Å². The molecule has 0 amide bonds. The first-order valence-electron chi connectivity index (χ1n) is 10.1. The Morgan fingerprint density at radius 1 is 0.839 bits per heavy atom. The molecule has 0 saturated heterocycles. The Kier molecular flexibility index (Phi) is 4.20. The third-order valence-corrected chi connectivity index (χ3v) is 6.74. The highest BCUT2D eigenvalue weighted by molar-refractivity contribution is 9.10. The van der Waals surface area contributed by atoms with E-state index < -0.39 is 0 Å². The fraction of sp³-hybridized carbons (Fsp3) is 0.0385. The van der Waals surface area contributed by atoms with Gasteiger partial charge in [0.1, 0.15) is 11.2 Å². The first-order valence-corrected chi connectivity index (χ1v) is 11.2.